The summed E-state index contributed by atoms with van der Waals surface area (Å²) in [7, 11) is 2.39. The Morgan fingerprint density at radius 2 is 1.70 bits per heavy atom. The third kappa shape index (κ3) is 2.08. The summed E-state index contributed by atoms with van der Waals surface area (Å²) in [4.78, 5) is 0. The lowest BCUT2D eigenvalue weighted by atomic mass is 9.87. The van der Waals surface area contributed by atoms with E-state index in [4.69, 9.17) is 0 Å². The van der Waals surface area contributed by atoms with E-state index in [1.54, 1.807) is 0 Å². The second-order valence-corrected chi connectivity index (χ2v) is 5.82. The average molecular weight is 159 g/mol. The summed E-state index contributed by atoms with van der Waals surface area (Å²) >= 11 is 0. The first-order valence-corrected chi connectivity index (χ1v) is 5.43. The van der Waals surface area contributed by atoms with Crippen molar-refractivity contribution in [3.8, 4) is 0 Å². The summed E-state index contributed by atoms with van der Waals surface area (Å²) in [6.45, 7) is 4.73. The fourth-order valence-corrected chi connectivity index (χ4v) is 3.34. The molecule has 0 radical (unpaired) electrons. The predicted molar refractivity (Wildman–Crippen MR) is 48.5 cm³/mol. The van der Waals surface area contributed by atoms with Crippen LogP contribution in [0.3, 0.4) is 0 Å². The first-order valence-electron chi connectivity index (χ1n) is 3.91. The Morgan fingerprint density at radius 3 is 2.10 bits per heavy atom. The highest BCUT2D eigenvalue weighted by Gasteiger charge is 2.22. The standard InChI is InChI=1S/C8H17NS/c1-8(2)4-6-10(9-3)7-5-8/h4-7H2,1-3H3. The molecule has 1 heterocycles. The van der Waals surface area contributed by atoms with Gasteiger partial charge in [-0.2, -0.15) is 0 Å². The summed E-state index contributed by atoms with van der Waals surface area (Å²) in [6.07, 6.45) is 2.74. The lowest BCUT2D eigenvalue weighted by Gasteiger charge is -2.30. The Kier molecular flexibility index (Phi) is 2.50. The fourth-order valence-electron chi connectivity index (χ4n) is 1.20. The zero-order chi connectivity index (χ0) is 7.61. The van der Waals surface area contributed by atoms with Crippen LogP contribution >= 0.6 is 0 Å². The van der Waals surface area contributed by atoms with Crippen LogP contribution in [0.5, 0.6) is 0 Å². The van der Waals surface area contributed by atoms with Crippen molar-refractivity contribution < 1.29 is 0 Å². The van der Waals surface area contributed by atoms with Gasteiger partial charge in [0.2, 0.25) is 0 Å². The fraction of sp³-hybridized carbons (Fsp3) is 1.00. The topological polar surface area (TPSA) is 12.4 Å². The van der Waals surface area contributed by atoms with Gasteiger partial charge in [-0.25, -0.2) is 0 Å². The van der Waals surface area contributed by atoms with Gasteiger partial charge in [-0.15, -0.1) is 10.7 Å². The molecule has 1 rings (SSSR count). The van der Waals surface area contributed by atoms with Gasteiger partial charge >= 0.3 is 0 Å². The summed E-state index contributed by atoms with van der Waals surface area (Å²) in [5.41, 5.74) is 0.605. The molecule has 0 aromatic heterocycles. The van der Waals surface area contributed by atoms with Crippen LogP contribution in [0.2, 0.25) is 0 Å². The highest BCUT2D eigenvalue weighted by atomic mass is 32.2. The minimum absolute atomic E-state index is 0.427. The highest BCUT2D eigenvalue weighted by molar-refractivity contribution is 7.87. The van der Waals surface area contributed by atoms with E-state index >= 15 is 0 Å². The molecule has 1 fully saturated rings. The molecule has 0 aliphatic carbocycles. The van der Waals surface area contributed by atoms with Crippen LogP contribution in [-0.4, -0.2) is 18.6 Å². The number of hydrogen-bond donors (Lipinski definition) is 0. The van der Waals surface area contributed by atoms with Gasteiger partial charge in [-0.05, 0) is 18.3 Å². The van der Waals surface area contributed by atoms with Crippen molar-refractivity contribution in [3.05, 3.63) is 0 Å². The minimum atomic E-state index is 0.427. The molecule has 0 N–H and O–H groups in total. The molecule has 1 saturated heterocycles. The first-order chi connectivity index (χ1) is 4.64. The van der Waals surface area contributed by atoms with E-state index in [1.165, 1.54) is 24.3 Å². The van der Waals surface area contributed by atoms with Crippen molar-refractivity contribution in [2.45, 2.75) is 26.7 Å². The molecule has 1 aliphatic rings. The quantitative estimate of drug-likeness (QED) is 0.514. The van der Waals surface area contributed by atoms with Crippen LogP contribution in [0.4, 0.5) is 0 Å². The molecule has 0 bridgehead atoms. The Labute approximate surface area is 66.3 Å². The normalized spacial score (nSPS) is 26.3. The van der Waals surface area contributed by atoms with Crippen LogP contribution in [-0.2, 0) is 10.7 Å². The van der Waals surface area contributed by atoms with Crippen molar-refractivity contribution in [3.63, 3.8) is 0 Å². The summed E-state index contributed by atoms with van der Waals surface area (Å²) in [6, 6.07) is 0. The molecule has 10 heavy (non-hydrogen) atoms. The largest absolute Gasteiger partial charge is 0.268 e. The SMILES string of the molecule is CN=S1CCC(C)(C)CC1. The van der Waals surface area contributed by atoms with Gasteiger partial charge in [0.25, 0.3) is 0 Å². The number of rotatable bonds is 0. The van der Waals surface area contributed by atoms with Gasteiger partial charge in [0.05, 0.1) is 0 Å². The van der Waals surface area contributed by atoms with E-state index in [9.17, 15) is 0 Å². The molecule has 0 amide bonds. The van der Waals surface area contributed by atoms with Crippen LogP contribution in [0.1, 0.15) is 26.7 Å². The maximum absolute atomic E-state index is 4.34. The van der Waals surface area contributed by atoms with E-state index in [0.29, 0.717) is 16.1 Å². The second-order valence-electron chi connectivity index (χ2n) is 3.72. The number of nitrogens with zero attached hydrogens (tertiary/aromatic N) is 1. The summed E-state index contributed by atoms with van der Waals surface area (Å²) in [5, 5.41) is 0. The number of hydrogen-bond acceptors (Lipinski definition) is 1. The second kappa shape index (κ2) is 3.04. The molecule has 1 aliphatic heterocycles. The molecule has 0 aromatic carbocycles. The predicted octanol–water partition coefficient (Wildman–Crippen LogP) is 2.24. The highest BCUT2D eigenvalue weighted by Crippen LogP contribution is 2.29. The average Bonchev–Trinajstić information content (AvgIpc) is 1.88. The monoisotopic (exact) mass is 159 g/mol. The van der Waals surface area contributed by atoms with Gasteiger partial charge in [0.15, 0.2) is 0 Å². The molecule has 1 nitrogen and oxygen atoms in total. The molecular formula is C8H17NS. The summed E-state index contributed by atoms with van der Waals surface area (Å²) < 4.78 is 4.34. The first kappa shape index (κ1) is 8.25. The van der Waals surface area contributed by atoms with Gasteiger partial charge in [0, 0.05) is 18.6 Å². The Hall–Kier alpha value is 0.150. The Balaban J connectivity index is 2.46. The van der Waals surface area contributed by atoms with Crippen molar-refractivity contribution in [1.82, 2.24) is 0 Å². The third-order valence-electron chi connectivity index (χ3n) is 2.29. The van der Waals surface area contributed by atoms with Crippen LogP contribution < -0.4 is 0 Å². The Bertz CT molecular complexity index is 137. The van der Waals surface area contributed by atoms with E-state index < -0.39 is 0 Å². The molecule has 0 spiro atoms. The van der Waals surface area contributed by atoms with E-state index in [0.717, 1.165) is 0 Å². The van der Waals surface area contributed by atoms with Gasteiger partial charge in [0.1, 0.15) is 0 Å². The van der Waals surface area contributed by atoms with Crippen LogP contribution in [0.15, 0.2) is 4.36 Å². The molecule has 0 unspecified atom stereocenters. The third-order valence-corrected chi connectivity index (χ3v) is 4.15. The zero-order valence-electron chi connectivity index (χ0n) is 7.18. The van der Waals surface area contributed by atoms with Crippen molar-refractivity contribution >= 4 is 10.7 Å². The summed E-state index contributed by atoms with van der Waals surface area (Å²) in [5.74, 6) is 2.67. The minimum Gasteiger partial charge on any atom is -0.268 e. The lowest BCUT2D eigenvalue weighted by molar-refractivity contribution is 0.335. The zero-order valence-corrected chi connectivity index (χ0v) is 8.00. The molecule has 2 heteroatoms. The lowest BCUT2D eigenvalue weighted by Crippen LogP contribution is -2.24. The molecule has 0 atom stereocenters. The molecule has 0 aromatic rings. The van der Waals surface area contributed by atoms with Crippen molar-refractivity contribution in [1.29, 1.82) is 0 Å². The van der Waals surface area contributed by atoms with Crippen LogP contribution in [0.25, 0.3) is 0 Å². The smallest absolute Gasteiger partial charge is 0.0346 e. The van der Waals surface area contributed by atoms with E-state index in [-0.39, 0.29) is 0 Å². The maximum Gasteiger partial charge on any atom is 0.0346 e. The maximum atomic E-state index is 4.34. The van der Waals surface area contributed by atoms with E-state index in [2.05, 4.69) is 18.2 Å². The molecule has 0 saturated carbocycles. The van der Waals surface area contributed by atoms with Gasteiger partial charge < -0.3 is 0 Å². The molecular weight excluding hydrogens is 142 g/mol. The van der Waals surface area contributed by atoms with Crippen LogP contribution in [0, 0.1) is 5.41 Å². The van der Waals surface area contributed by atoms with Gasteiger partial charge in [-0.3, -0.25) is 4.36 Å². The Morgan fingerprint density at radius 1 is 1.20 bits per heavy atom. The van der Waals surface area contributed by atoms with E-state index in [1.807, 2.05) is 7.05 Å². The van der Waals surface area contributed by atoms with Gasteiger partial charge in [-0.1, -0.05) is 13.8 Å². The van der Waals surface area contributed by atoms with Crippen molar-refractivity contribution in [2.75, 3.05) is 18.6 Å². The molecule has 60 valence electrons. The van der Waals surface area contributed by atoms with Crippen molar-refractivity contribution in [2.24, 2.45) is 9.78 Å².